The van der Waals surface area contributed by atoms with Gasteiger partial charge in [-0.15, -0.1) is 0 Å². The first-order valence-corrected chi connectivity index (χ1v) is 10.6. The first kappa shape index (κ1) is 23.0. The molecule has 7 heteroatoms. The van der Waals surface area contributed by atoms with Crippen LogP contribution in [0.15, 0.2) is 65.8 Å². The Morgan fingerprint density at radius 2 is 1.69 bits per heavy atom. The molecule has 0 spiro atoms. The number of hydrogen-bond donors (Lipinski definition) is 3. The van der Waals surface area contributed by atoms with Crippen molar-refractivity contribution < 1.29 is 9.59 Å². The monoisotopic (exact) mass is 448 g/mol. The van der Waals surface area contributed by atoms with E-state index in [4.69, 9.17) is 11.6 Å². The number of rotatable bonds is 6. The predicted molar refractivity (Wildman–Crippen MR) is 131 cm³/mol. The molecule has 0 aliphatic heterocycles. The molecule has 0 radical (unpaired) electrons. The number of nitrogens with zero attached hydrogens (tertiary/aromatic N) is 1. The summed E-state index contributed by atoms with van der Waals surface area (Å²) < 4.78 is 0. The molecular formula is C25H25ClN4O2. The van der Waals surface area contributed by atoms with Crippen molar-refractivity contribution in [1.82, 2.24) is 5.43 Å². The first-order chi connectivity index (χ1) is 15.4. The maximum atomic E-state index is 12.1. The normalized spacial score (nSPS) is 10.8. The van der Waals surface area contributed by atoms with Crippen molar-refractivity contribution in [1.29, 1.82) is 0 Å². The SMILES string of the molecule is CCc1ccc(NC(=O)C(=O)N/N=C\c2cc(Cl)ccc2Nc2cc(C)ccc2C)cc1. The Labute approximate surface area is 192 Å². The second-order valence-electron chi connectivity index (χ2n) is 7.38. The van der Waals surface area contributed by atoms with Gasteiger partial charge in [-0.2, -0.15) is 5.10 Å². The van der Waals surface area contributed by atoms with Crippen LogP contribution in [0.4, 0.5) is 17.1 Å². The van der Waals surface area contributed by atoms with Crippen molar-refractivity contribution in [3.05, 3.63) is 87.9 Å². The molecule has 0 bridgehead atoms. The van der Waals surface area contributed by atoms with E-state index in [1.165, 1.54) is 6.21 Å². The zero-order valence-electron chi connectivity index (χ0n) is 18.2. The summed E-state index contributed by atoms with van der Waals surface area (Å²) in [4.78, 5) is 24.2. The highest BCUT2D eigenvalue weighted by Gasteiger charge is 2.13. The molecule has 3 rings (SSSR count). The van der Waals surface area contributed by atoms with E-state index < -0.39 is 11.8 Å². The third-order valence-corrected chi connectivity index (χ3v) is 5.11. The molecule has 0 aliphatic carbocycles. The van der Waals surface area contributed by atoms with Crippen LogP contribution in [-0.4, -0.2) is 18.0 Å². The summed E-state index contributed by atoms with van der Waals surface area (Å²) in [5, 5.41) is 10.4. The molecular weight excluding hydrogens is 424 g/mol. The molecule has 0 saturated carbocycles. The van der Waals surface area contributed by atoms with E-state index in [-0.39, 0.29) is 0 Å². The van der Waals surface area contributed by atoms with Crippen LogP contribution in [0.25, 0.3) is 0 Å². The molecule has 3 aromatic carbocycles. The number of hydrazone groups is 1. The molecule has 3 aromatic rings. The number of aryl methyl sites for hydroxylation is 3. The van der Waals surface area contributed by atoms with Crippen LogP contribution in [-0.2, 0) is 16.0 Å². The highest BCUT2D eigenvalue weighted by molar-refractivity contribution is 6.39. The lowest BCUT2D eigenvalue weighted by Gasteiger charge is -2.13. The van der Waals surface area contributed by atoms with E-state index >= 15 is 0 Å². The van der Waals surface area contributed by atoms with Gasteiger partial charge in [0, 0.05) is 27.6 Å². The van der Waals surface area contributed by atoms with Crippen molar-refractivity contribution in [2.75, 3.05) is 10.6 Å². The van der Waals surface area contributed by atoms with Gasteiger partial charge in [-0.1, -0.05) is 42.8 Å². The van der Waals surface area contributed by atoms with Crippen molar-refractivity contribution in [3.63, 3.8) is 0 Å². The molecule has 32 heavy (non-hydrogen) atoms. The van der Waals surface area contributed by atoms with Crippen LogP contribution in [0.3, 0.4) is 0 Å². The summed E-state index contributed by atoms with van der Waals surface area (Å²) >= 11 is 6.14. The lowest BCUT2D eigenvalue weighted by molar-refractivity contribution is -0.136. The molecule has 6 nitrogen and oxygen atoms in total. The molecule has 2 amide bonds. The van der Waals surface area contributed by atoms with Crippen molar-refractivity contribution >= 4 is 46.7 Å². The number of carbonyl (C=O) groups excluding carboxylic acids is 2. The Morgan fingerprint density at radius 3 is 2.41 bits per heavy atom. The zero-order valence-corrected chi connectivity index (χ0v) is 19.0. The van der Waals surface area contributed by atoms with Gasteiger partial charge in [-0.05, 0) is 73.4 Å². The zero-order chi connectivity index (χ0) is 23.1. The molecule has 0 heterocycles. The Balaban J connectivity index is 1.67. The Bertz CT molecular complexity index is 1160. The molecule has 0 aliphatic rings. The summed E-state index contributed by atoms with van der Waals surface area (Å²) in [6.07, 6.45) is 2.34. The van der Waals surface area contributed by atoms with Crippen molar-refractivity contribution in [2.24, 2.45) is 5.10 Å². The van der Waals surface area contributed by atoms with Crippen LogP contribution in [0.2, 0.25) is 5.02 Å². The number of amides is 2. The smallest absolute Gasteiger partial charge is 0.329 e. The number of anilines is 3. The van der Waals surface area contributed by atoms with Crippen molar-refractivity contribution in [2.45, 2.75) is 27.2 Å². The summed E-state index contributed by atoms with van der Waals surface area (Å²) in [5.41, 5.74) is 8.54. The number of carbonyl (C=O) groups is 2. The van der Waals surface area contributed by atoms with Crippen LogP contribution < -0.4 is 16.1 Å². The quantitative estimate of drug-likeness (QED) is 0.270. The van der Waals surface area contributed by atoms with Crippen LogP contribution in [0, 0.1) is 13.8 Å². The van der Waals surface area contributed by atoms with Gasteiger partial charge in [-0.25, -0.2) is 5.43 Å². The van der Waals surface area contributed by atoms with Gasteiger partial charge < -0.3 is 10.6 Å². The van der Waals surface area contributed by atoms with Crippen LogP contribution in [0.1, 0.15) is 29.2 Å². The van der Waals surface area contributed by atoms with Crippen molar-refractivity contribution in [3.8, 4) is 0 Å². The maximum Gasteiger partial charge on any atom is 0.329 e. The van der Waals surface area contributed by atoms with Gasteiger partial charge in [0.25, 0.3) is 0 Å². The van der Waals surface area contributed by atoms with E-state index in [9.17, 15) is 9.59 Å². The first-order valence-electron chi connectivity index (χ1n) is 10.2. The minimum absolute atomic E-state index is 0.526. The van der Waals surface area contributed by atoms with Crippen LogP contribution in [0.5, 0.6) is 0 Å². The number of nitrogens with one attached hydrogen (secondary N) is 3. The Hall–Kier alpha value is -3.64. The van der Waals surface area contributed by atoms with Gasteiger partial charge >= 0.3 is 11.8 Å². The fraction of sp³-hybridized carbons (Fsp3) is 0.160. The Morgan fingerprint density at radius 1 is 0.938 bits per heavy atom. The van der Waals surface area contributed by atoms with Gasteiger partial charge in [0.15, 0.2) is 0 Å². The summed E-state index contributed by atoms with van der Waals surface area (Å²) in [6, 6.07) is 18.8. The van der Waals surface area contributed by atoms with E-state index in [0.29, 0.717) is 16.3 Å². The van der Waals surface area contributed by atoms with Gasteiger partial charge in [0.05, 0.1) is 6.21 Å². The minimum Gasteiger partial charge on any atom is -0.355 e. The third-order valence-electron chi connectivity index (χ3n) is 4.87. The predicted octanol–water partition coefficient (Wildman–Crippen LogP) is 5.35. The highest BCUT2D eigenvalue weighted by atomic mass is 35.5. The lowest BCUT2D eigenvalue weighted by atomic mass is 10.1. The van der Waals surface area contributed by atoms with E-state index in [1.807, 2.05) is 57.2 Å². The van der Waals surface area contributed by atoms with Gasteiger partial charge in [-0.3, -0.25) is 9.59 Å². The lowest BCUT2D eigenvalue weighted by Crippen LogP contribution is -2.32. The topological polar surface area (TPSA) is 82.6 Å². The third kappa shape index (κ3) is 6.18. The minimum atomic E-state index is -0.869. The van der Waals surface area contributed by atoms with E-state index in [1.54, 1.807) is 24.3 Å². The molecule has 0 aromatic heterocycles. The molecule has 0 unspecified atom stereocenters. The Kier molecular flexibility index (Phi) is 7.63. The second kappa shape index (κ2) is 10.6. The fourth-order valence-electron chi connectivity index (χ4n) is 2.99. The maximum absolute atomic E-state index is 12.1. The largest absolute Gasteiger partial charge is 0.355 e. The highest BCUT2D eigenvalue weighted by Crippen LogP contribution is 2.26. The molecule has 164 valence electrons. The number of hydrogen-bond acceptors (Lipinski definition) is 4. The second-order valence-corrected chi connectivity index (χ2v) is 7.82. The van der Waals surface area contributed by atoms with Gasteiger partial charge in [0.1, 0.15) is 0 Å². The fourth-order valence-corrected chi connectivity index (χ4v) is 3.17. The summed E-state index contributed by atoms with van der Waals surface area (Å²) in [6.45, 7) is 6.08. The molecule has 0 atom stereocenters. The molecule has 3 N–H and O–H groups in total. The molecule has 0 saturated heterocycles. The summed E-state index contributed by atoms with van der Waals surface area (Å²) in [5.74, 6) is -1.67. The molecule has 0 fully saturated rings. The average Bonchev–Trinajstić information content (AvgIpc) is 2.78. The number of halogens is 1. The summed E-state index contributed by atoms with van der Waals surface area (Å²) in [7, 11) is 0. The van der Waals surface area contributed by atoms with E-state index in [0.717, 1.165) is 34.5 Å². The number of benzene rings is 3. The standard InChI is InChI=1S/C25H25ClN4O2/c1-4-18-7-10-21(11-8-18)28-24(31)25(32)30-27-15-19-14-20(26)9-12-22(19)29-23-13-16(2)5-6-17(23)3/h5-15,29H,4H2,1-3H3,(H,28,31)(H,30,32)/b27-15-. The van der Waals surface area contributed by atoms with Gasteiger partial charge in [0.2, 0.25) is 0 Å². The van der Waals surface area contributed by atoms with E-state index in [2.05, 4.69) is 21.2 Å². The van der Waals surface area contributed by atoms with Crippen LogP contribution >= 0.6 is 11.6 Å². The average molecular weight is 449 g/mol.